The van der Waals surface area contributed by atoms with Crippen molar-refractivity contribution in [1.82, 2.24) is 4.90 Å². The summed E-state index contributed by atoms with van der Waals surface area (Å²) in [6.45, 7) is 6.96. The quantitative estimate of drug-likeness (QED) is 0.758. The Morgan fingerprint density at radius 1 is 1.28 bits per heavy atom. The molecular weight excluding hydrogens is 244 g/mol. The second-order valence-electron chi connectivity index (χ2n) is 5.54. The van der Waals surface area contributed by atoms with E-state index in [0.29, 0.717) is 5.88 Å². The van der Waals surface area contributed by atoms with E-state index in [-0.39, 0.29) is 0 Å². The fourth-order valence-corrected chi connectivity index (χ4v) is 3.55. The van der Waals surface area contributed by atoms with Crippen LogP contribution in [0.5, 0.6) is 0 Å². The molecule has 1 atom stereocenters. The van der Waals surface area contributed by atoms with E-state index in [0.717, 1.165) is 12.6 Å². The molecule has 98 valence electrons. The van der Waals surface area contributed by atoms with Gasteiger partial charge >= 0.3 is 0 Å². The molecule has 0 bridgehead atoms. The van der Waals surface area contributed by atoms with Gasteiger partial charge < -0.3 is 4.90 Å². The first-order valence-corrected chi connectivity index (χ1v) is 7.46. The van der Waals surface area contributed by atoms with Gasteiger partial charge in [-0.25, -0.2) is 0 Å². The van der Waals surface area contributed by atoms with Gasteiger partial charge in [0.2, 0.25) is 0 Å². The van der Waals surface area contributed by atoms with Crippen molar-refractivity contribution < 1.29 is 0 Å². The smallest absolute Gasteiger partial charge is 0.0494 e. The molecule has 2 aliphatic heterocycles. The third-order valence-electron chi connectivity index (χ3n) is 4.31. The molecule has 3 heteroatoms. The zero-order valence-corrected chi connectivity index (χ0v) is 11.8. The van der Waals surface area contributed by atoms with Crippen molar-refractivity contribution in [2.45, 2.75) is 31.7 Å². The zero-order valence-electron chi connectivity index (χ0n) is 11.0. The minimum Gasteiger partial charge on any atom is -0.368 e. The molecule has 3 rings (SSSR count). The number of benzene rings is 1. The lowest BCUT2D eigenvalue weighted by molar-refractivity contribution is 0.231. The summed E-state index contributed by atoms with van der Waals surface area (Å²) in [6.07, 6.45) is 2.73. The second-order valence-corrected chi connectivity index (χ2v) is 5.81. The van der Waals surface area contributed by atoms with E-state index in [1.165, 1.54) is 49.3 Å². The van der Waals surface area contributed by atoms with Gasteiger partial charge in [0, 0.05) is 37.2 Å². The molecule has 0 aromatic heterocycles. The highest BCUT2D eigenvalue weighted by molar-refractivity contribution is 6.17. The van der Waals surface area contributed by atoms with Gasteiger partial charge in [0.1, 0.15) is 0 Å². The molecular formula is C15H21ClN2. The van der Waals surface area contributed by atoms with Crippen LogP contribution in [0, 0.1) is 6.92 Å². The largest absolute Gasteiger partial charge is 0.368 e. The fourth-order valence-electron chi connectivity index (χ4n) is 3.34. The van der Waals surface area contributed by atoms with Crippen LogP contribution in [0.4, 0.5) is 5.69 Å². The summed E-state index contributed by atoms with van der Waals surface area (Å²) in [5, 5.41) is 0. The van der Waals surface area contributed by atoms with Crippen molar-refractivity contribution in [3.8, 4) is 0 Å². The maximum atomic E-state index is 6.10. The number of halogens is 1. The number of piperazine rings is 1. The number of anilines is 1. The molecule has 2 nitrogen and oxygen atoms in total. The molecule has 1 unspecified atom stereocenters. The number of rotatable bonds is 2. The Morgan fingerprint density at radius 2 is 2.17 bits per heavy atom. The summed E-state index contributed by atoms with van der Waals surface area (Å²) in [6, 6.07) is 7.44. The average Bonchev–Trinajstić information content (AvgIpc) is 2.85. The topological polar surface area (TPSA) is 6.48 Å². The van der Waals surface area contributed by atoms with E-state index in [9.17, 15) is 0 Å². The summed E-state index contributed by atoms with van der Waals surface area (Å²) in [4.78, 5) is 5.18. The molecule has 0 radical (unpaired) electrons. The first kappa shape index (κ1) is 12.3. The van der Waals surface area contributed by atoms with Crippen LogP contribution in [-0.4, -0.2) is 37.1 Å². The molecule has 0 aliphatic carbocycles. The van der Waals surface area contributed by atoms with Crippen LogP contribution in [0.3, 0.4) is 0 Å². The Kier molecular flexibility index (Phi) is 3.49. The third-order valence-corrected chi connectivity index (χ3v) is 4.59. The van der Waals surface area contributed by atoms with Crippen molar-refractivity contribution in [3.05, 3.63) is 29.3 Å². The molecule has 2 heterocycles. The van der Waals surface area contributed by atoms with Crippen LogP contribution in [0.2, 0.25) is 0 Å². The Morgan fingerprint density at radius 3 is 3.00 bits per heavy atom. The van der Waals surface area contributed by atoms with E-state index >= 15 is 0 Å². The SMILES string of the molecule is Cc1ccc(N2CCN3CCCC3C2)c(CCl)c1. The lowest BCUT2D eigenvalue weighted by atomic mass is 10.1. The van der Waals surface area contributed by atoms with E-state index < -0.39 is 0 Å². The molecule has 1 aromatic rings. The Balaban J connectivity index is 1.82. The highest BCUT2D eigenvalue weighted by Crippen LogP contribution is 2.29. The van der Waals surface area contributed by atoms with Gasteiger partial charge in [0.15, 0.2) is 0 Å². The normalized spacial score (nSPS) is 24.3. The Labute approximate surface area is 115 Å². The molecule has 2 aliphatic rings. The van der Waals surface area contributed by atoms with Gasteiger partial charge in [-0.3, -0.25) is 4.90 Å². The van der Waals surface area contributed by atoms with Gasteiger partial charge in [-0.2, -0.15) is 0 Å². The molecule has 0 amide bonds. The van der Waals surface area contributed by atoms with E-state index in [2.05, 4.69) is 34.9 Å². The first-order valence-electron chi connectivity index (χ1n) is 6.92. The predicted octanol–water partition coefficient (Wildman–Crippen LogP) is 3.02. The van der Waals surface area contributed by atoms with Crippen molar-refractivity contribution in [2.24, 2.45) is 0 Å². The lowest BCUT2D eigenvalue weighted by Gasteiger charge is -2.39. The maximum absolute atomic E-state index is 6.10. The molecule has 2 fully saturated rings. The van der Waals surface area contributed by atoms with Gasteiger partial charge in [0.25, 0.3) is 0 Å². The maximum Gasteiger partial charge on any atom is 0.0494 e. The molecule has 1 aromatic carbocycles. The summed E-state index contributed by atoms with van der Waals surface area (Å²) < 4.78 is 0. The van der Waals surface area contributed by atoms with Gasteiger partial charge in [-0.05, 0) is 37.9 Å². The fraction of sp³-hybridized carbons (Fsp3) is 0.600. The highest BCUT2D eigenvalue weighted by Gasteiger charge is 2.31. The molecule has 18 heavy (non-hydrogen) atoms. The van der Waals surface area contributed by atoms with Crippen LogP contribution < -0.4 is 4.90 Å². The number of alkyl halides is 1. The number of aryl methyl sites for hydroxylation is 1. The van der Waals surface area contributed by atoms with E-state index in [1.54, 1.807) is 0 Å². The summed E-state index contributed by atoms with van der Waals surface area (Å²) >= 11 is 6.10. The molecule has 0 N–H and O–H groups in total. The minimum atomic E-state index is 0.613. The van der Waals surface area contributed by atoms with Crippen LogP contribution in [0.1, 0.15) is 24.0 Å². The minimum absolute atomic E-state index is 0.613. The first-order chi connectivity index (χ1) is 8.78. The van der Waals surface area contributed by atoms with Crippen molar-refractivity contribution >= 4 is 17.3 Å². The van der Waals surface area contributed by atoms with Crippen molar-refractivity contribution in [3.63, 3.8) is 0 Å². The van der Waals surface area contributed by atoms with Gasteiger partial charge in [0.05, 0.1) is 0 Å². The number of nitrogens with zero attached hydrogens (tertiary/aromatic N) is 2. The zero-order chi connectivity index (χ0) is 12.5. The van der Waals surface area contributed by atoms with Crippen LogP contribution in [0.25, 0.3) is 0 Å². The third kappa shape index (κ3) is 2.24. The molecule has 0 saturated carbocycles. The summed E-state index contributed by atoms with van der Waals surface area (Å²) in [5.74, 6) is 0.613. The Bertz CT molecular complexity index is 433. The summed E-state index contributed by atoms with van der Waals surface area (Å²) in [7, 11) is 0. The second kappa shape index (κ2) is 5.10. The average molecular weight is 265 g/mol. The standard InChI is InChI=1S/C15H21ClN2/c1-12-4-5-15(13(9-12)10-16)18-8-7-17-6-2-3-14(17)11-18/h4-5,9,14H,2-3,6-8,10-11H2,1H3. The lowest BCUT2D eigenvalue weighted by Crippen LogP contribution is -2.50. The monoisotopic (exact) mass is 264 g/mol. The molecule has 0 spiro atoms. The number of hydrogen-bond acceptors (Lipinski definition) is 2. The number of hydrogen-bond donors (Lipinski definition) is 0. The predicted molar refractivity (Wildman–Crippen MR) is 77.5 cm³/mol. The summed E-state index contributed by atoms with van der Waals surface area (Å²) in [5.41, 5.74) is 3.93. The highest BCUT2D eigenvalue weighted by atomic mass is 35.5. The van der Waals surface area contributed by atoms with E-state index in [4.69, 9.17) is 11.6 Å². The van der Waals surface area contributed by atoms with Crippen LogP contribution in [0.15, 0.2) is 18.2 Å². The van der Waals surface area contributed by atoms with Crippen molar-refractivity contribution in [1.29, 1.82) is 0 Å². The van der Waals surface area contributed by atoms with Gasteiger partial charge in [-0.1, -0.05) is 17.7 Å². The van der Waals surface area contributed by atoms with Gasteiger partial charge in [-0.15, -0.1) is 11.6 Å². The Hall–Kier alpha value is -0.730. The van der Waals surface area contributed by atoms with Crippen LogP contribution in [-0.2, 0) is 5.88 Å². The van der Waals surface area contributed by atoms with Crippen LogP contribution >= 0.6 is 11.6 Å². The van der Waals surface area contributed by atoms with E-state index in [1.807, 2.05) is 0 Å². The van der Waals surface area contributed by atoms with Crippen molar-refractivity contribution in [2.75, 3.05) is 31.1 Å². The molecule has 2 saturated heterocycles. The number of fused-ring (bicyclic) bond motifs is 1.